The lowest BCUT2D eigenvalue weighted by atomic mass is 9.80. The number of ether oxygens (including phenoxy) is 7. The number of hydrogen-bond acceptors (Lipinski definition) is 23. The van der Waals surface area contributed by atoms with Gasteiger partial charge in [0.2, 0.25) is 6.54 Å². The molecule has 30 nitrogen and oxygen atoms in total. The van der Waals surface area contributed by atoms with E-state index in [0.717, 1.165) is 0 Å². The maximum atomic E-state index is 16.3. The standard InChI is InChI=1S/C72H89N12O18PSi/c1-44(2)51(85)38-54-78-63-56(65(88)79-54)77-43-84(63)67-60(58(102-104(14,15)71(6,7)8)53(98-67)39-94-72(46-24-20-17-21-25-46,47-26-30-49(92-12)31-27-47)48-28-32-50(93-13)33-29-48)101-103(91,95-37-34-73-9)96-40-52-57(86)59(99-68(89)81(10)35-36-82(11)69(90)100-70(3,4)5)66(97-52)83-42-76-55-61(74-41-75-62(55)83)80-64(87)45-22-18-16-19-23-45/h16-33,41-44,52-53,57-60,66-67,86H,34-40H2,1-8,10-15H3,(H,78,79,88)(H,74,75,80,87)/t52-,53-,57-,58?,59-,60-,66-,67-,103?/m1/s1. The van der Waals surface area contributed by atoms with Gasteiger partial charge < -0.3 is 67.6 Å². The Balaban J connectivity index is 1.06. The minimum Gasteiger partial charge on any atom is -0.497 e. The molecule has 9 atom stereocenters. The van der Waals surface area contributed by atoms with Crippen molar-refractivity contribution in [2.45, 2.75) is 140 Å². The number of aliphatic hydroxyl groups excluding tert-OH is 1. The molecule has 2 unspecified atom stereocenters. The number of carbonyl (C=O) groups is 4. The molecule has 554 valence electrons. The second-order valence-electron chi connectivity index (χ2n) is 28.0. The van der Waals surface area contributed by atoms with Crippen LogP contribution in [0.2, 0.25) is 18.1 Å². The number of phosphoric acid groups is 1. The number of likely N-dealkylation sites (N-methyl/N-ethyl adjacent to an activating group) is 2. The number of amides is 3. The number of aromatic amines is 1. The first-order valence-corrected chi connectivity index (χ1v) is 38.2. The number of nitrogens with one attached hydrogen (secondary N) is 2. The highest BCUT2D eigenvalue weighted by atomic mass is 31.2. The van der Waals surface area contributed by atoms with Crippen LogP contribution in [0.4, 0.5) is 15.4 Å². The number of ketones is 1. The number of aromatic nitrogens is 8. The molecule has 32 heteroatoms. The van der Waals surface area contributed by atoms with Crippen LogP contribution in [-0.2, 0) is 63.1 Å². The lowest BCUT2D eigenvalue weighted by Crippen LogP contribution is -2.51. The molecule has 2 saturated heterocycles. The van der Waals surface area contributed by atoms with E-state index in [-0.39, 0.29) is 72.4 Å². The smallest absolute Gasteiger partial charge is 0.475 e. The van der Waals surface area contributed by atoms with Crippen LogP contribution in [0.1, 0.15) is 101 Å². The van der Waals surface area contributed by atoms with Crippen molar-refractivity contribution in [1.82, 2.24) is 48.8 Å². The normalized spacial score (nSPS) is 19.9. The number of anilines is 1. The Morgan fingerprint density at radius 1 is 0.731 bits per heavy atom. The number of rotatable bonds is 29. The summed E-state index contributed by atoms with van der Waals surface area (Å²) in [5.41, 5.74) is -0.591. The molecule has 8 aromatic rings. The van der Waals surface area contributed by atoms with Gasteiger partial charge in [0.25, 0.3) is 11.5 Å². The summed E-state index contributed by atoms with van der Waals surface area (Å²) in [5.74, 6) is 0.0574. The Morgan fingerprint density at radius 2 is 1.30 bits per heavy atom. The third-order valence-electron chi connectivity index (χ3n) is 18.2. The zero-order chi connectivity index (χ0) is 75.1. The average Bonchev–Trinajstić information content (AvgIpc) is 1.61. The van der Waals surface area contributed by atoms with Gasteiger partial charge in [0.15, 0.2) is 55.0 Å². The highest BCUT2D eigenvalue weighted by molar-refractivity contribution is 7.48. The first-order valence-electron chi connectivity index (χ1n) is 33.8. The predicted molar refractivity (Wildman–Crippen MR) is 383 cm³/mol. The summed E-state index contributed by atoms with van der Waals surface area (Å²) in [7, 11) is -2.25. The molecular formula is C72H89N12O18PSi. The minimum absolute atomic E-state index is 0.00395. The Labute approximate surface area is 603 Å². The highest BCUT2D eigenvalue weighted by Crippen LogP contribution is 2.56. The van der Waals surface area contributed by atoms with Gasteiger partial charge in [-0.25, -0.2) is 45.6 Å². The summed E-state index contributed by atoms with van der Waals surface area (Å²) in [4.78, 5) is 99.3. The minimum atomic E-state index is -5.22. The van der Waals surface area contributed by atoms with Crippen molar-refractivity contribution in [3.63, 3.8) is 0 Å². The lowest BCUT2D eigenvalue weighted by molar-refractivity contribution is -0.121. The molecule has 104 heavy (non-hydrogen) atoms. The molecule has 2 aliphatic heterocycles. The van der Waals surface area contributed by atoms with Gasteiger partial charge in [-0.1, -0.05) is 107 Å². The summed E-state index contributed by atoms with van der Waals surface area (Å²) in [6.07, 6.45) is -10.3. The van der Waals surface area contributed by atoms with Gasteiger partial charge in [0, 0.05) is 38.7 Å². The fraction of sp³-hybridized carbons (Fsp3) is 0.458. The Morgan fingerprint density at radius 3 is 1.88 bits per heavy atom. The quantitative estimate of drug-likeness (QED) is 0.0129. The van der Waals surface area contributed by atoms with E-state index in [0.29, 0.717) is 33.8 Å². The van der Waals surface area contributed by atoms with Crippen LogP contribution in [0.25, 0.3) is 27.2 Å². The zero-order valence-corrected chi connectivity index (χ0v) is 62.5. The van der Waals surface area contributed by atoms with E-state index in [4.69, 9.17) is 62.7 Å². The van der Waals surface area contributed by atoms with Crippen molar-refractivity contribution in [3.05, 3.63) is 178 Å². The summed E-state index contributed by atoms with van der Waals surface area (Å²) in [6, 6.07) is 32.8. The van der Waals surface area contributed by atoms with Gasteiger partial charge in [-0.15, -0.1) is 0 Å². The van der Waals surface area contributed by atoms with Crippen molar-refractivity contribution < 1.29 is 80.0 Å². The Kier molecular flexibility index (Phi) is 24.1. The molecule has 0 bridgehead atoms. The summed E-state index contributed by atoms with van der Waals surface area (Å²) < 4.78 is 90.3. The molecule has 4 aromatic heterocycles. The van der Waals surface area contributed by atoms with Crippen LogP contribution in [0, 0.1) is 12.5 Å². The molecule has 0 spiro atoms. The van der Waals surface area contributed by atoms with Crippen LogP contribution in [0.15, 0.2) is 133 Å². The number of methoxy groups -OCH3 is 2. The van der Waals surface area contributed by atoms with Crippen molar-refractivity contribution in [3.8, 4) is 11.5 Å². The molecule has 10 rings (SSSR count). The third-order valence-corrected chi connectivity index (χ3v) is 24.2. The first kappa shape index (κ1) is 77.3. The molecule has 2 aliphatic rings. The number of aliphatic hydroxyl groups is 1. The van der Waals surface area contributed by atoms with Gasteiger partial charge in [0.05, 0.1) is 46.5 Å². The van der Waals surface area contributed by atoms with E-state index in [1.807, 2.05) is 113 Å². The fourth-order valence-electron chi connectivity index (χ4n) is 11.5. The van der Waals surface area contributed by atoms with Crippen LogP contribution in [0.3, 0.4) is 0 Å². The van der Waals surface area contributed by atoms with Gasteiger partial charge in [-0.05, 0) is 92.0 Å². The summed E-state index contributed by atoms with van der Waals surface area (Å²) >= 11 is 0. The molecule has 0 radical (unpaired) electrons. The largest absolute Gasteiger partial charge is 0.497 e. The van der Waals surface area contributed by atoms with Crippen LogP contribution < -0.4 is 20.3 Å². The first-order chi connectivity index (χ1) is 49.4. The number of phosphoric ester groups is 1. The van der Waals surface area contributed by atoms with Crippen molar-refractivity contribution in [2.75, 3.05) is 73.1 Å². The molecule has 0 aliphatic carbocycles. The van der Waals surface area contributed by atoms with Gasteiger partial charge in [-0.3, -0.25) is 37.1 Å². The molecule has 4 aromatic carbocycles. The molecule has 3 amide bonds. The SMILES string of the molecule is [C-]#[N+]CCOP(=O)(OC[C@H]1O[C@@H](n2cnc3c(NC(=O)c4ccccc4)ncnc32)[C@H](OC(=O)N(C)CCN(C)C(=O)OC(C)(C)C)[C@@H]1O)O[C@@H]1C(O[Si](C)(C)C(C)(C)C)[C@@H](COC(c2ccccc2)(c2ccc(OC)cc2)c2ccc(OC)cc2)O[C@H]1n1cnc2c(=O)[nH]c(CC(=O)C(C)C)nc21. The van der Waals surface area contributed by atoms with Gasteiger partial charge in [-0.2, -0.15) is 0 Å². The second-order valence-corrected chi connectivity index (χ2v) is 34.4. The van der Waals surface area contributed by atoms with Crippen molar-refractivity contribution in [1.29, 1.82) is 0 Å². The van der Waals surface area contributed by atoms with Gasteiger partial charge in [0.1, 0.15) is 77.8 Å². The monoisotopic (exact) mass is 1470 g/mol. The van der Waals surface area contributed by atoms with E-state index in [1.165, 1.54) is 52.0 Å². The number of Topliss-reactive ketones (excluding diaryl/α,β-unsaturated/α-hetero) is 1. The maximum Gasteiger partial charge on any atom is 0.475 e. The second kappa shape index (κ2) is 32.4. The number of H-pyrrole nitrogens is 1. The fourth-order valence-corrected chi connectivity index (χ4v) is 14.1. The number of fused-ring (bicyclic) bond motifs is 2. The molecule has 6 heterocycles. The highest BCUT2D eigenvalue weighted by Gasteiger charge is 2.57. The third kappa shape index (κ3) is 17.4. The van der Waals surface area contributed by atoms with E-state index >= 15 is 4.57 Å². The molecule has 3 N–H and O–H groups in total. The zero-order valence-electron chi connectivity index (χ0n) is 60.6. The molecule has 0 saturated carbocycles. The Hall–Kier alpha value is -9.32. The van der Waals surface area contributed by atoms with E-state index < -0.39 is 124 Å². The maximum absolute atomic E-state index is 16.3. The van der Waals surface area contributed by atoms with E-state index in [2.05, 4.69) is 35.1 Å². The lowest BCUT2D eigenvalue weighted by Gasteiger charge is -2.41. The van der Waals surface area contributed by atoms with Gasteiger partial charge >= 0.3 is 20.0 Å². The van der Waals surface area contributed by atoms with Crippen LogP contribution in [0.5, 0.6) is 11.5 Å². The van der Waals surface area contributed by atoms with Crippen LogP contribution >= 0.6 is 7.82 Å². The molecular weight excluding hydrogens is 1380 g/mol. The average molecular weight is 1470 g/mol. The van der Waals surface area contributed by atoms with Crippen molar-refractivity contribution >= 4 is 68.2 Å². The van der Waals surface area contributed by atoms with Crippen molar-refractivity contribution in [2.24, 2.45) is 5.92 Å². The number of imidazole rings is 2. The number of carbonyl (C=O) groups excluding carboxylic acids is 4. The summed E-state index contributed by atoms with van der Waals surface area (Å²) in [5, 5.41) is 14.8. The topological polar surface area (TPSA) is 337 Å². The van der Waals surface area contributed by atoms with E-state index in [9.17, 15) is 29.1 Å². The Bertz CT molecular complexity index is 4420. The molecule has 2 fully saturated rings. The number of benzene rings is 4. The number of nitrogens with zero attached hydrogens (tertiary/aromatic N) is 10. The van der Waals surface area contributed by atoms with Crippen LogP contribution in [-0.4, -0.2) is 196 Å². The van der Waals surface area contributed by atoms with E-state index in [1.54, 1.807) is 79.2 Å². The predicted octanol–water partition coefficient (Wildman–Crippen LogP) is 10.3. The number of hydrogen-bond donors (Lipinski definition) is 3. The summed E-state index contributed by atoms with van der Waals surface area (Å²) in [6.45, 7) is 24.4.